The van der Waals surface area contributed by atoms with Gasteiger partial charge in [-0.1, -0.05) is 36.4 Å². The summed E-state index contributed by atoms with van der Waals surface area (Å²) in [5.41, 5.74) is 3.03. The van der Waals surface area contributed by atoms with E-state index in [-0.39, 0.29) is 5.91 Å². The number of para-hydroxylation sites is 2. The molecule has 25 heavy (non-hydrogen) atoms. The summed E-state index contributed by atoms with van der Waals surface area (Å²) in [7, 11) is 1.61. The molecule has 5 heteroatoms. The van der Waals surface area contributed by atoms with Crippen LogP contribution in [0.5, 0.6) is 5.75 Å². The van der Waals surface area contributed by atoms with Crippen LogP contribution in [-0.2, 0) is 6.54 Å². The van der Waals surface area contributed by atoms with Crippen molar-refractivity contribution in [1.29, 1.82) is 0 Å². The SMILES string of the molecule is COc1ccccc1CNC(=O)c1cc(Nc2ccccc2)ccn1. The van der Waals surface area contributed by atoms with Gasteiger partial charge < -0.3 is 15.4 Å². The number of nitrogens with one attached hydrogen (secondary N) is 2. The standard InChI is InChI=1S/C20H19N3O2/c1-25-19-10-6-5-7-15(19)14-22-20(24)18-13-17(11-12-21-18)23-16-8-3-2-4-9-16/h2-13H,14H2,1H3,(H,21,23)(H,22,24). The molecule has 3 rings (SSSR count). The molecule has 3 aromatic rings. The molecular weight excluding hydrogens is 314 g/mol. The van der Waals surface area contributed by atoms with E-state index in [0.717, 1.165) is 22.7 Å². The summed E-state index contributed by atoms with van der Waals surface area (Å²) in [4.78, 5) is 16.5. The van der Waals surface area contributed by atoms with Gasteiger partial charge in [0.25, 0.3) is 5.91 Å². The highest BCUT2D eigenvalue weighted by Gasteiger charge is 2.09. The van der Waals surface area contributed by atoms with Crippen LogP contribution in [0, 0.1) is 0 Å². The van der Waals surface area contributed by atoms with Gasteiger partial charge in [-0.25, -0.2) is 0 Å². The Hall–Kier alpha value is -3.34. The van der Waals surface area contributed by atoms with Crippen LogP contribution in [0.15, 0.2) is 72.9 Å². The third-order valence-electron chi connectivity index (χ3n) is 3.69. The quantitative estimate of drug-likeness (QED) is 0.721. The van der Waals surface area contributed by atoms with Gasteiger partial charge in [-0.05, 0) is 30.3 Å². The monoisotopic (exact) mass is 333 g/mol. The van der Waals surface area contributed by atoms with E-state index in [1.54, 1.807) is 19.4 Å². The number of nitrogens with zero attached hydrogens (tertiary/aromatic N) is 1. The zero-order valence-electron chi connectivity index (χ0n) is 13.9. The molecule has 0 aliphatic carbocycles. The Balaban J connectivity index is 1.67. The van der Waals surface area contributed by atoms with E-state index in [2.05, 4.69) is 15.6 Å². The number of anilines is 2. The number of aromatic nitrogens is 1. The molecule has 0 unspecified atom stereocenters. The van der Waals surface area contributed by atoms with Crippen molar-refractivity contribution in [2.24, 2.45) is 0 Å². The third-order valence-corrected chi connectivity index (χ3v) is 3.69. The summed E-state index contributed by atoms with van der Waals surface area (Å²) >= 11 is 0. The van der Waals surface area contributed by atoms with Crippen molar-refractivity contribution in [3.8, 4) is 5.75 Å². The second kappa shape index (κ2) is 7.97. The van der Waals surface area contributed by atoms with Crippen molar-refractivity contribution >= 4 is 17.3 Å². The lowest BCUT2D eigenvalue weighted by Gasteiger charge is -2.10. The largest absolute Gasteiger partial charge is 0.496 e. The second-order valence-corrected chi connectivity index (χ2v) is 5.42. The Morgan fingerprint density at radius 3 is 2.56 bits per heavy atom. The van der Waals surface area contributed by atoms with Crippen molar-refractivity contribution in [3.05, 3.63) is 84.2 Å². The van der Waals surface area contributed by atoms with Crippen molar-refractivity contribution in [2.75, 3.05) is 12.4 Å². The Labute approximate surface area is 146 Å². The zero-order chi connectivity index (χ0) is 17.5. The molecule has 0 saturated carbocycles. The molecule has 0 radical (unpaired) electrons. The van der Waals surface area contributed by atoms with Gasteiger partial charge in [-0.15, -0.1) is 0 Å². The molecular formula is C20H19N3O2. The minimum Gasteiger partial charge on any atom is -0.496 e. The predicted molar refractivity (Wildman–Crippen MR) is 98.1 cm³/mol. The lowest BCUT2D eigenvalue weighted by molar-refractivity contribution is 0.0945. The molecule has 0 bridgehead atoms. The number of rotatable bonds is 6. The van der Waals surface area contributed by atoms with Crippen LogP contribution < -0.4 is 15.4 Å². The summed E-state index contributed by atoms with van der Waals surface area (Å²) in [6, 6.07) is 20.9. The summed E-state index contributed by atoms with van der Waals surface area (Å²) < 4.78 is 5.29. The molecule has 1 aromatic heterocycles. The van der Waals surface area contributed by atoms with E-state index in [9.17, 15) is 4.79 Å². The number of pyridine rings is 1. The summed E-state index contributed by atoms with van der Waals surface area (Å²) in [5, 5.41) is 6.12. The average Bonchev–Trinajstić information content (AvgIpc) is 2.67. The first-order valence-corrected chi connectivity index (χ1v) is 7.94. The van der Waals surface area contributed by atoms with Crippen molar-refractivity contribution < 1.29 is 9.53 Å². The van der Waals surface area contributed by atoms with Gasteiger partial charge in [-0.2, -0.15) is 0 Å². The van der Waals surface area contributed by atoms with Crippen LogP contribution in [0.3, 0.4) is 0 Å². The van der Waals surface area contributed by atoms with Crippen LogP contribution in [0.4, 0.5) is 11.4 Å². The molecule has 0 fully saturated rings. The average molecular weight is 333 g/mol. The number of amides is 1. The molecule has 5 nitrogen and oxygen atoms in total. The number of carbonyl (C=O) groups excluding carboxylic acids is 1. The Kier molecular flexibility index (Phi) is 5.26. The summed E-state index contributed by atoms with van der Waals surface area (Å²) in [6.07, 6.45) is 1.61. The number of hydrogen-bond acceptors (Lipinski definition) is 4. The number of ether oxygens (including phenoxy) is 1. The highest BCUT2D eigenvalue weighted by molar-refractivity contribution is 5.93. The number of methoxy groups -OCH3 is 1. The maximum atomic E-state index is 12.4. The predicted octanol–water partition coefficient (Wildman–Crippen LogP) is 3.76. The van der Waals surface area contributed by atoms with E-state index in [1.165, 1.54) is 0 Å². The lowest BCUT2D eigenvalue weighted by Crippen LogP contribution is -2.24. The fourth-order valence-electron chi connectivity index (χ4n) is 2.44. The van der Waals surface area contributed by atoms with Crippen LogP contribution in [0.25, 0.3) is 0 Å². The lowest BCUT2D eigenvalue weighted by atomic mass is 10.2. The van der Waals surface area contributed by atoms with Crippen molar-refractivity contribution in [2.45, 2.75) is 6.54 Å². The normalized spacial score (nSPS) is 10.1. The Morgan fingerprint density at radius 2 is 1.76 bits per heavy atom. The van der Waals surface area contributed by atoms with Gasteiger partial charge in [0.05, 0.1) is 7.11 Å². The number of benzene rings is 2. The van der Waals surface area contributed by atoms with Gasteiger partial charge in [0, 0.05) is 29.7 Å². The molecule has 2 N–H and O–H groups in total. The minimum atomic E-state index is -0.234. The van der Waals surface area contributed by atoms with E-state index in [0.29, 0.717) is 12.2 Å². The number of hydrogen-bond donors (Lipinski definition) is 2. The van der Waals surface area contributed by atoms with E-state index >= 15 is 0 Å². The first kappa shape index (κ1) is 16.5. The highest BCUT2D eigenvalue weighted by Crippen LogP contribution is 2.18. The molecule has 1 amide bonds. The molecule has 1 heterocycles. The second-order valence-electron chi connectivity index (χ2n) is 5.42. The third kappa shape index (κ3) is 4.35. The van der Waals surface area contributed by atoms with Crippen LogP contribution in [0.1, 0.15) is 16.1 Å². The molecule has 0 spiro atoms. The minimum absolute atomic E-state index is 0.234. The highest BCUT2D eigenvalue weighted by atomic mass is 16.5. The van der Waals surface area contributed by atoms with Gasteiger partial charge in [0.15, 0.2) is 0 Å². The summed E-state index contributed by atoms with van der Waals surface area (Å²) in [6.45, 7) is 0.376. The van der Waals surface area contributed by atoms with Crippen LogP contribution in [-0.4, -0.2) is 18.0 Å². The molecule has 0 aliphatic rings. The molecule has 0 aliphatic heterocycles. The molecule has 0 atom stereocenters. The van der Waals surface area contributed by atoms with E-state index in [4.69, 9.17) is 4.74 Å². The molecule has 126 valence electrons. The molecule has 2 aromatic carbocycles. The number of carbonyl (C=O) groups is 1. The maximum absolute atomic E-state index is 12.4. The topological polar surface area (TPSA) is 63.2 Å². The van der Waals surface area contributed by atoms with Crippen LogP contribution in [0.2, 0.25) is 0 Å². The van der Waals surface area contributed by atoms with Gasteiger partial charge in [0.1, 0.15) is 11.4 Å². The fraction of sp³-hybridized carbons (Fsp3) is 0.100. The van der Waals surface area contributed by atoms with Gasteiger partial charge >= 0.3 is 0 Å². The smallest absolute Gasteiger partial charge is 0.270 e. The van der Waals surface area contributed by atoms with Crippen molar-refractivity contribution in [3.63, 3.8) is 0 Å². The maximum Gasteiger partial charge on any atom is 0.270 e. The van der Waals surface area contributed by atoms with E-state index < -0.39 is 0 Å². The van der Waals surface area contributed by atoms with Crippen LogP contribution >= 0.6 is 0 Å². The molecule has 0 saturated heterocycles. The summed E-state index contributed by atoms with van der Waals surface area (Å²) in [5.74, 6) is 0.512. The van der Waals surface area contributed by atoms with Gasteiger partial charge in [-0.3, -0.25) is 9.78 Å². The first-order valence-electron chi connectivity index (χ1n) is 7.94. The van der Waals surface area contributed by atoms with Crippen molar-refractivity contribution in [1.82, 2.24) is 10.3 Å². The van der Waals surface area contributed by atoms with Gasteiger partial charge in [0.2, 0.25) is 0 Å². The Bertz CT molecular complexity index is 850. The zero-order valence-corrected chi connectivity index (χ0v) is 13.9. The van der Waals surface area contributed by atoms with E-state index in [1.807, 2.05) is 60.7 Å². The fourth-order valence-corrected chi connectivity index (χ4v) is 2.44. The first-order chi connectivity index (χ1) is 12.3. The Morgan fingerprint density at radius 1 is 1.00 bits per heavy atom.